The Hall–Kier alpha value is -3.19. The monoisotopic (exact) mass is 449 g/mol. The number of anilines is 2. The molecule has 0 bridgehead atoms. The lowest BCUT2D eigenvalue weighted by Gasteiger charge is -2.29. The van der Waals surface area contributed by atoms with Crippen LogP contribution in [0.1, 0.15) is 55.1 Å². The Balaban J connectivity index is 1.63. The van der Waals surface area contributed by atoms with E-state index in [1.165, 1.54) is 0 Å². The summed E-state index contributed by atoms with van der Waals surface area (Å²) in [7, 11) is 0. The summed E-state index contributed by atoms with van der Waals surface area (Å²) in [6.07, 6.45) is 1.43. The van der Waals surface area contributed by atoms with Crippen LogP contribution in [0.3, 0.4) is 0 Å². The first kappa shape index (κ1) is 23.0. The van der Waals surface area contributed by atoms with Gasteiger partial charge in [0.05, 0.1) is 18.1 Å². The fourth-order valence-electron chi connectivity index (χ4n) is 5.03. The topological polar surface area (TPSA) is 96.5 Å². The SMILES string of the molecule is CCOC(=O)c1ccc(NC(=O)[C@H]2C[C@H](CC(C)C)N[C@]23C(=O)Nc2ccc(C)cc23)cc1. The molecule has 3 atom stereocenters. The molecule has 7 heteroatoms. The highest BCUT2D eigenvalue weighted by atomic mass is 16.5. The third-order valence-corrected chi connectivity index (χ3v) is 6.42. The van der Waals surface area contributed by atoms with Crippen molar-refractivity contribution in [3.8, 4) is 0 Å². The molecule has 0 radical (unpaired) electrons. The highest BCUT2D eigenvalue weighted by molar-refractivity contribution is 6.10. The van der Waals surface area contributed by atoms with Crippen molar-refractivity contribution in [3.63, 3.8) is 0 Å². The highest BCUT2D eigenvalue weighted by Gasteiger charge is 2.60. The van der Waals surface area contributed by atoms with Gasteiger partial charge in [0, 0.05) is 23.0 Å². The van der Waals surface area contributed by atoms with Gasteiger partial charge in [-0.3, -0.25) is 14.9 Å². The van der Waals surface area contributed by atoms with Crippen LogP contribution in [0.5, 0.6) is 0 Å². The molecule has 7 nitrogen and oxygen atoms in total. The molecule has 174 valence electrons. The molecule has 2 aromatic carbocycles. The number of amides is 2. The zero-order valence-electron chi connectivity index (χ0n) is 19.5. The Morgan fingerprint density at radius 2 is 1.91 bits per heavy atom. The molecule has 2 aliphatic rings. The number of hydrogen-bond donors (Lipinski definition) is 3. The Morgan fingerprint density at radius 1 is 1.18 bits per heavy atom. The van der Waals surface area contributed by atoms with Crippen molar-refractivity contribution in [2.45, 2.75) is 52.1 Å². The molecular weight excluding hydrogens is 418 g/mol. The van der Waals surface area contributed by atoms with Crippen molar-refractivity contribution >= 4 is 29.2 Å². The predicted molar refractivity (Wildman–Crippen MR) is 127 cm³/mol. The largest absolute Gasteiger partial charge is 0.462 e. The van der Waals surface area contributed by atoms with Crippen molar-refractivity contribution in [2.24, 2.45) is 11.8 Å². The minimum Gasteiger partial charge on any atom is -0.462 e. The second-order valence-corrected chi connectivity index (χ2v) is 9.36. The molecule has 2 aliphatic heterocycles. The van der Waals surface area contributed by atoms with E-state index in [-0.39, 0.29) is 17.9 Å². The molecule has 2 amide bonds. The minimum absolute atomic E-state index is 0.0455. The third kappa shape index (κ3) is 4.25. The smallest absolute Gasteiger partial charge is 0.338 e. The van der Waals surface area contributed by atoms with E-state index < -0.39 is 17.4 Å². The molecule has 2 heterocycles. The zero-order valence-corrected chi connectivity index (χ0v) is 19.5. The summed E-state index contributed by atoms with van der Waals surface area (Å²) in [5.74, 6) is -0.956. The molecule has 1 spiro atoms. The van der Waals surface area contributed by atoms with Crippen molar-refractivity contribution in [3.05, 3.63) is 59.2 Å². The number of ether oxygens (including phenoxy) is 1. The quantitative estimate of drug-likeness (QED) is 0.580. The molecule has 1 fully saturated rings. The van der Waals surface area contributed by atoms with Crippen molar-refractivity contribution < 1.29 is 19.1 Å². The fraction of sp³-hybridized carbons (Fsp3) is 0.423. The van der Waals surface area contributed by atoms with E-state index in [4.69, 9.17) is 4.74 Å². The van der Waals surface area contributed by atoms with Gasteiger partial charge < -0.3 is 15.4 Å². The van der Waals surface area contributed by atoms with Crippen LogP contribution in [0, 0.1) is 18.8 Å². The van der Waals surface area contributed by atoms with Gasteiger partial charge in [-0.05, 0) is 62.9 Å². The van der Waals surface area contributed by atoms with Crippen molar-refractivity contribution in [2.75, 3.05) is 17.2 Å². The van der Waals surface area contributed by atoms with Gasteiger partial charge in [0.2, 0.25) is 11.8 Å². The second kappa shape index (κ2) is 8.98. The highest BCUT2D eigenvalue weighted by Crippen LogP contribution is 2.48. The maximum Gasteiger partial charge on any atom is 0.338 e. The van der Waals surface area contributed by atoms with Crippen LogP contribution in [0.25, 0.3) is 0 Å². The Labute approximate surface area is 194 Å². The van der Waals surface area contributed by atoms with E-state index >= 15 is 0 Å². The Kier molecular flexibility index (Phi) is 6.26. The van der Waals surface area contributed by atoms with Crippen LogP contribution in [0.4, 0.5) is 11.4 Å². The van der Waals surface area contributed by atoms with E-state index in [1.807, 2.05) is 25.1 Å². The molecule has 4 rings (SSSR count). The van der Waals surface area contributed by atoms with Gasteiger partial charge in [0.25, 0.3) is 0 Å². The van der Waals surface area contributed by atoms with Gasteiger partial charge in [-0.1, -0.05) is 31.5 Å². The number of carbonyl (C=O) groups excluding carboxylic acids is 3. The summed E-state index contributed by atoms with van der Waals surface area (Å²) in [6.45, 7) is 8.31. The van der Waals surface area contributed by atoms with Crippen LogP contribution in [0.15, 0.2) is 42.5 Å². The summed E-state index contributed by atoms with van der Waals surface area (Å²) in [6, 6.07) is 12.5. The molecule has 0 aliphatic carbocycles. The van der Waals surface area contributed by atoms with Crippen LogP contribution in [-0.4, -0.2) is 30.4 Å². The van der Waals surface area contributed by atoms with Gasteiger partial charge in [-0.25, -0.2) is 4.79 Å². The van der Waals surface area contributed by atoms with Crippen LogP contribution >= 0.6 is 0 Å². The van der Waals surface area contributed by atoms with Crippen LogP contribution in [-0.2, 0) is 19.9 Å². The Bertz CT molecular complexity index is 1080. The van der Waals surface area contributed by atoms with E-state index in [9.17, 15) is 14.4 Å². The standard InChI is InChI=1S/C26H31N3O4/c1-5-33-24(31)17-7-9-18(10-8-17)27-23(30)21-14-19(12-15(2)3)29-26(21)20-13-16(4)6-11-22(20)28-25(26)32/h6-11,13,15,19,21,29H,5,12,14H2,1-4H3,(H,27,30)(H,28,32)/t19-,21+,26-/m0/s1. The first-order chi connectivity index (χ1) is 15.7. The lowest BCUT2D eigenvalue weighted by molar-refractivity contribution is -0.130. The van der Waals surface area contributed by atoms with Gasteiger partial charge in [0.1, 0.15) is 5.54 Å². The number of carbonyl (C=O) groups is 3. The normalized spacial score (nSPS) is 23.5. The van der Waals surface area contributed by atoms with Crippen LogP contribution < -0.4 is 16.0 Å². The summed E-state index contributed by atoms with van der Waals surface area (Å²) >= 11 is 0. The summed E-state index contributed by atoms with van der Waals surface area (Å²) in [4.78, 5) is 38.8. The number of fused-ring (bicyclic) bond motifs is 2. The van der Waals surface area contributed by atoms with Crippen molar-refractivity contribution in [1.29, 1.82) is 0 Å². The van der Waals surface area contributed by atoms with E-state index in [1.54, 1.807) is 31.2 Å². The van der Waals surface area contributed by atoms with Gasteiger partial charge in [0.15, 0.2) is 0 Å². The maximum atomic E-state index is 13.5. The first-order valence-electron chi connectivity index (χ1n) is 11.5. The summed E-state index contributed by atoms with van der Waals surface area (Å²) in [5.41, 5.74) is 2.50. The predicted octanol–water partition coefficient (Wildman–Crippen LogP) is 3.98. The minimum atomic E-state index is -1.10. The molecule has 0 saturated carbocycles. The van der Waals surface area contributed by atoms with Gasteiger partial charge in [-0.2, -0.15) is 0 Å². The molecule has 1 saturated heterocycles. The van der Waals surface area contributed by atoms with E-state index in [0.717, 1.165) is 23.2 Å². The molecular formula is C26H31N3O4. The zero-order chi connectivity index (χ0) is 23.8. The number of aryl methyl sites for hydroxylation is 1. The molecule has 0 aromatic heterocycles. The molecule has 3 N–H and O–H groups in total. The number of hydrogen-bond acceptors (Lipinski definition) is 5. The Morgan fingerprint density at radius 3 is 2.58 bits per heavy atom. The fourth-order valence-corrected chi connectivity index (χ4v) is 5.03. The number of rotatable bonds is 6. The molecule has 33 heavy (non-hydrogen) atoms. The van der Waals surface area contributed by atoms with Gasteiger partial charge >= 0.3 is 5.97 Å². The average molecular weight is 450 g/mol. The maximum absolute atomic E-state index is 13.5. The van der Waals surface area contributed by atoms with Crippen molar-refractivity contribution in [1.82, 2.24) is 5.32 Å². The second-order valence-electron chi connectivity index (χ2n) is 9.36. The average Bonchev–Trinajstić information content (AvgIpc) is 3.27. The molecule has 0 unspecified atom stereocenters. The van der Waals surface area contributed by atoms with Crippen LogP contribution in [0.2, 0.25) is 0 Å². The third-order valence-electron chi connectivity index (χ3n) is 6.42. The number of nitrogens with one attached hydrogen (secondary N) is 3. The van der Waals surface area contributed by atoms with E-state index in [0.29, 0.717) is 30.2 Å². The first-order valence-corrected chi connectivity index (χ1v) is 11.5. The van der Waals surface area contributed by atoms with Gasteiger partial charge in [-0.15, -0.1) is 0 Å². The summed E-state index contributed by atoms with van der Waals surface area (Å²) in [5, 5.41) is 9.49. The number of benzene rings is 2. The summed E-state index contributed by atoms with van der Waals surface area (Å²) < 4.78 is 5.01. The van der Waals surface area contributed by atoms with E-state index in [2.05, 4.69) is 29.8 Å². The lowest BCUT2D eigenvalue weighted by atomic mass is 9.79. The molecule has 2 aromatic rings. The lowest BCUT2D eigenvalue weighted by Crippen LogP contribution is -2.52. The number of esters is 1.